The fraction of sp³-hybridized carbons (Fsp3) is 0.400. The first kappa shape index (κ1) is 14.7. The summed E-state index contributed by atoms with van der Waals surface area (Å²) in [7, 11) is 0. The maximum absolute atomic E-state index is 10.7. The fourth-order valence-electron chi connectivity index (χ4n) is 2.66. The number of nitro groups is 1. The van der Waals surface area contributed by atoms with Gasteiger partial charge in [0, 0.05) is 24.3 Å². The lowest BCUT2D eigenvalue weighted by Gasteiger charge is -2.37. The zero-order valence-electron chi connectivity index (χ0n) is 11.7. The molecule has 6 heteroatoms. The van der Waals surface area contributed by atoms with E-state index in [2.05, 4.69) is 17.1 Å². The van der Waals surface area contributed by atoms with E-state index in [1.807, 2.05) is 13.8 Å². The van der Waals surface area contributed by atoms with Crippen LogP contribution in [0.4, 0.5) is 5.69 Å². The smallest absolute Gasteiger partial charge is 0.269 e. The molecule has 21 heavy (non-hydrogen) atoms. The summed E-state index contributed by atoms with van der Waals surface area (Å²) < 4.78 is 0. The third kappa shape index (κ3) is 2.61. The van der Waals surface area contributed by atoms with Gasteiger partial charge in [0.25, 0.3) is 5.69 Å². The van der Waals surface area contributed by atoms with Gasteiger partial charge in [-0.3, -0.25) is 15.1 Å². The third-order valence-electron chi connectivity index (χ3n) is 3.85. The van der Waals surface area contributed by atoms with Gasteiger partial charge in [0.2, 0.25) is 0 Å². The summed E-state index contributed by atoms with van der Waals surface area (Å²) >= 11 is 0. The first-order chi connectivity index (χ1) is 9.90. The Morgan fingerprint density at radius 3 is 2.33 bits per heavy atom. The average molecular weight is 282 g/mol. The molecule has 0 amide bonds. The van der Waals surface area contributed by atoms with Crippen LogP contribution >= 0.6 is 0 Å². The predicted molar refractivity (Wildman–Crippen MR) is 76.6 cm³/mol. The largest absolute Gasteiger partial charge is 0.289 e. The van der Waals surface area contributed by atoms with Gasteiger partial charge in [0.15, 0.2) is 0 Å². The summed E-state index contributed by atoms with van der Waals surface area (Å²) in [6.07, 6.45) is 1.58. The van der Waals surface area contributed by atoms with E-state index in [0.29, 0.717) is 0 Å². The number of non-ortho nitro benzene ring substituents is 1. The second kappa shape index (κ2) is 5.34. The topological polar surface area (TPSA) is 103 Å². The van der Waals surface area contributed by atoms with Crippen LogP contribution in [-0.2, 0) is 0 Å². The van der Waals surface area contributed by atoms with Crippen molar-refractivity contribution >= 4 is 11.9 Å². The normalized spacial score (nSPS) is 26.6. The van der Waals surface area contributed by atoms with E-state index >= 15 is 0 Å². The molecule has 2 rings (SSSR count). The van der Waals surface area contributed by atoms with Gasteiger partial charge in [-0.2, -0.15) is 10.5 Å². The molecule has 6 nitrogen and oxygen atoms in total. The van der Waals surface area contributed by atoms with Gasteiger partial charge < -0.3 is 0 Å². The van der Waals surface area contributed by atoms with Crippen LogP contribution in [0.15, 0.2) is 29.3 Å². The lowest BCUT2D eigenvalue weighted by Crippen LogP contribution is -2.40. The molecule has 0 aliphatic carbocycles. The van der Waals surface area contributed by atoms with Crippen LogP contribution in [0.5, 0.6) is 0 Å². The van der Waals surface area contributed by atoms with E-state index in [9.17, 15) is 20.6 Å². The van der Waals surface area contributed by atoms with Crippen molar-refractivity contribution in [1.29, 1.82) is 10.5 Å². The number of nitrogens with zero attached hydrogens (tertiary/aromatic N) is 4. The van der Waals surface area contributed by atoms with Crippen molar-refractivity contribution in [2.75, 3.05) is 0 Å². The molecule has 3 unspecified atom stereocenters. The van der Waals surface area contributed by atoms with Gasteiger partial charge in [-0.05, 0) is 19.4 Å². The molecule has 0 saturated carbocycles. The van der Waals surface area contributed by atoms with Crippen molar-refractivity contribution in [3.8, 4) is 12.1 Å². The van der Waals surface area contributed by atoms with Gasteiger partial charge >= 0.3 is 0 Å². The molecule has 1 heterocycles. The van der Waals surface area contributed by atoms with Crippen LogP contribution in [0.3, 0.4) is 0 Å². The maximum atomic E-state index is 10.7. The van der Waals surface area contributed by atoms with Gasteiger partial charge in [0.05, 0.1) is 34.4 Å². The summed E-state index contributed by atoms with van der Waals surface area (Å²) in [4.78, 5) is 14.5. The second-order valence-corrected chi connectivity index (χ2v) is 5.57. The first-order valence-corrected chi connectivity index (χ1v) is 6.49. The minimum absolute atomic E-state index is 0.00972. The summed E-state index contributed by atoms with van der Waals surface area (Å²) in [5.41, 5.74) is 0.150. The van der Waals surface area contributed by atoms with E-state index in [4.69, 9.17) is 0 Å². The molecule has 1 aromatic carbocycles. The van der Waals surface area contributed by atoms with Crippen molar-refractivity contribution < 1.29 is 4.92 Å². The van der Waals surface area contributed by atoms with Crippen LogP contribution < -0.4 is 0 Å². The van der Waals surface area contributed by atoms with Gasteiger partial charge in [0.1, 0.15) is 0 Å². The summed E-state index contributed by atoms with van der Waals surface area (Å²) in [5, 5.41) is 29.5. The van der Waals surface area contributed by atoms with E-state index in [1.54, 1.807) is 18.3 Å². The Morgan fingerprint density at radius 1 is 1.24 bits per heavy atom. The van der Waals surface area contributed by atoms with Crippen molar-refractivity contribution in [3.05, 3.63) is 39.9 Å². The standard InChI is InChI=1S/C15H14N4O2/c1-15(2)13(8-17)14(11(7-16)9-18-15)10-3-5-12(6-4-10)19(20)21/h3-6,9,11,13-14H,1-2H3. The quantitative estimate of drug-likeness (QED) is 0.614. The Balaban J connectivity index is 2.48. The van der Waals surface area contributed by atoms with Crippen LogP contribution in [-0.4, -0.2) is 16.7 Å². The van der Waals surface area contributed by atoms with Gasteiger partial charge in [-0.1, -0.05) is 12.1 Å². The van der Waals surface area contributed by atoms with Crippen LogP contribution in [0.25, 0.3) is 0 Å². The Labute approximate surface area is 122 Å². The average Bonchev–Trinajstić information content (AvgIpc) is 2.46. The molecular formula is C15H14N4O2. The Bertz CT molecular complexity index is 664. The lowest BCUT2D eigenvalue weighted by molar-refractivity contribution is -0.384. The molecule has 0 bridgehead atoms. The molecular weight excluding hydrogens is 268 g/mol. The Morgan fingerprint density at radius 2 is 1.86 bits per heavy atom. The van der Waals surface area contributed by atoms with Gasteiger partial charge in [-0.25, -0.2) is 0 Å². The van der Waals surface area contributed by atoms with E-state index < -0.39 is 22.3 Å². The summed E-state index contributed by atoms with van der Waals surface area (Å²) in [5.74, 6) is -1.31. The first-order valence-electron chi connectivity index (χ1n) is 6.49. The van der Waals surface area contributed by atoms with E-state index in [1.165, 1.54) is 12.1 Å². The number of hydrogen-bond donors (Lipinski definition) is 0. The molecule has 1 aromatic rings. The minimum atomic E-state index is -0.589. The third-order valence-corrected chi connectivity index (χ3v) is 3.85. The molecule has 1 aliphatic rings. The SMILES string of the molecule is CC1(C)N=CC(C#N)C(c2ccc([N+](=O)[O-])cc2)C1C#N. The number of rotatable bonds is 2. The molecule has 0 fully saturated rings. The highest BCUT2D eigenvalue weighted by Crippen LogP contribution is 2.42. The van der Waals surface area contributed by atoms with Crippen molar-refractivity contribution in [2.45, 2.75) is 25.3 Å². The van der Waals surface area contributed by atoms with E-state index in [-0.39, 0.29) is 11.6 Å². The summed E-state index contributed by atoms with van der Waals surface area (Å²) in [6.45, 7) is 3.70. The highest BCUT2D eigenvalue weighted by molar-refractivity contribution is 5.69. The maximum Gasteiger partial charge on any atom is 0.269 e. The predicted octanol–water partition coefficient (Wildman–Crippen LogP) is 2.82. The van der Waals surface area contributed by atoms with Crippen molar-refractivity contribution in [1.82, 2.24) is 0 Å². The zero-order valence-corrected chi connectivity index (χ0v) is 11.7. The highest BCUT2D eigenvalue weighted by atomic mass is 16.6. The second-order valence-electron chi connectivity index (χ2n) is 5.57. The molecule has 3 atom stereocenters. The number of hydrogen-bond acceptors (Lipinski definition) is 5. The molecule has 0 N–H and O–H groups in total. The van der Waals surface area contributed by atoms with Crippen LogP contribution in [0.2, 0.25) is 0 Å². The molecule has 1 aliphatic heterocycles. The van der Waals surface area contributed by atoms with Crippen LogP contribution in [0, 0.1) is 44.6 Å². The monoisotopic (exact) mass is 282 g/mol. The minimum Gasteiger partial charge on any atom is -0.289 e. The summed E-state index contributed by atoms with van der Waals surface area (Å²) in [6, 6.07) is 10.4. The fourth-order valence-corrected chi connectivity index (χ4v) is 2.66. The molecule has 0 radical (unpaired) electrons. The molecule has 0 saturated heterocycles. The molecule has 0 aromatic heterocycles. The highest BCUT2D eigenvalue weighted by Gasteiger charge is 2.43. The van der Waals surface area contributed by atoms with E-state index in [0.717, 1.165) is 5.56 Å². The molecule has 106 valence electrons. The van der Waals surface area contributed by atoms with Crippen molar-refractivity contribution in [2.24, 2.45) is 16.8 Å². The van der Waals surface area contributed by atoms with Crippen LogP contribution in [0.1, 0.15) is 25.3 Å². The number of nitriles is 2. The zero-order chi connectivity index (χ0) is 15.6. The number of benzene rings is 1. The van der Waals surface area contributed by atoms with Crippen molar-refractivity contribution in [3.63, 3.8) is 0 Å². The number of nitro benzene ring substituents is 1. The van der Waals surface area contributed by atoms with Gasteiger partial charge in [-0.15, -0.1) is 0 Å². The lowest BCUT2D eigenvalue weighted by atomic mass is 9.68. The molecule has 0 spiro atoms. The number of aliphatic imine (C=N–C) groups is 1. The Hall–Kier alpha value is -2.73. The Kier molecular flexibility index (Phi) is 3.73.